The van der Waals surface area contributed by atoms with Gasteiger partial charge in [0.05, 0.1) is 24.2 Å². The van der Waals surface area contributed by atoms with Gasteiger partial charge in [-0.15, -0.1) is 0 Å². The highest BCUT2D eigenvalue weighted by Gasteiger charge is 2.22. The standard InChI is InChI=1S/C24H25ClN4O.H2/c1-5-16-11-17(26-2)12-18-23(16)28-21-8-9-29(3)14-19(21)24(18)27-13-15-6-7-22(30-4)20(25)10-15;/h6-7,10-12H,5,8-9,13-14H2,1,3-4H3,(H,27,28);1H/i;1+1. The van der Waals surface area contributed by atoms with Gasteiger partial charge in [0, 0.05) is 49.8 Å². The largest absolute Gasteiger partial charge is 0.495 e. The lowest BCUT2D eigenvalue weighted by molar-refractivity contribution is 0.311. The van der Waals surface area contributed by atoms with Crippen LogP contribution in [-0.2, 0) is 25.9 Å². The summed E-state index contributed by atoms with van der Waals surface area (Å²) in [5.74, 6) is 0.670. The van der Waals surface area contributed by atoms with Crippen LogP contribution in [0.5, 0.6) is 5.75 Å². The summed E-state index contributed by atoms with van der Waals surface area (Å²) in [6, 6.07) is 9.77. The topological polar surface area (TPSA) is 41.8 Å². The van der Waals surface area contributed by atoms with E-state index in [9.17, 15) is 0 Å². The van der Waals surface area contributed by atoms with Crippen molar-refractivity contribution in [2.45, 2.75) is 32.9 Å². The van der Waals surface area contributed by atoms with Gasteiger partial charge in [0.25, 0.3) is 0 Å². The van der Waals surface area contributed by atoms with Crippen LogP contribution in [0.1, 0.15) is 30.7 Å². The highest BCUT2D eigenvalue weighted by Crippen LogP contribution is 2.37. The fraction of sp³-hybridized carbons (Fsp3) is 0.333. The zero-order chi connectivity index (χ0) is 21.3. The predicted molar refractivity (Wildman–Crippen MR) is 125 cm³/mol. The van der Waals surface area contributed by atoms with Gasteiger partial charge in [0.15, 0.2) is 5.69 Å². The molecule has 2 aromatic carbocycles. The van der Waals surface area contributed by atoms with Gasteiger partial charge < -0.3 is 15.0 Å². The first-order valence-electron chi connectivity index (χ1n) is 10.1. The molecule has 4 rings (SSSR count). The third-order valence-electron chi connectivity index (χ3n) is 5.69. The van der Waals surface area contributed by atoms with Gasteiger partial charge in [-0.1, -0.05) is 30.7 Å². The van der Waals surface area contributed by atoms with Crippen LogP contribution in [0.2, 0.25) is 5.02 Å². The Morgan fingerprint density at radius 1 is 1.33 bits per heavy atom. The van der Waals surface area contributed by atoms with Crippen LogP contribution in [-0.4, -0.2) is 30.6 Å². The molecule has 3 aromatic rings. The zero-order valence-corrected chi connectivity index (χ0v) is 18.3. The summed E-state index contributed by atoms with van der Waals surface area (Å²) in [5, 5.41) is 5.27. The Bertz CT molecular complexity index is 1160. The molecule has 1 aliphatic heterocycles. The Morgan fingerprint density at radius 2 is 2.17 bits per heavy atom. The maximum atomic E-state index is 7.53. The molecule has 0 saturated heterocycles. The minimum atomic E-state index is 0. The van der Waals surface area contributed by atoms with E-state index in [1.807, 2.05) is 30.3 Å². The van der Waals surface area contributed by atoms with Gasteiger partial charge in [-0.3, -0.25) is 4.98 Å². The molecule has 0 atom stereocenters. The summed E-state index contributed by atoms with van der Waals surface area (Å²) in [7, 11) is 3.75. The zero-order valence-electron chi connectivity index (χ0n) is 17.6. The predicted octanol–water partition coefficient (Wildman–Crippen LogP) is 5.86. The van der Waals surface area contributed by atoms with Crippen LogP contribution in [0.4, 0.5) is 11.4 Å². The quantitative estimate of drug-likeness (QED) is 0.522. The number of nitrogens with zero attached hydrogens (tertiary/aromatic N) is 3. The molecule has 0 amide bonds. The molecular weight excluding hydrogens is 396 g/mol. The van der Waals surface area contributed by atoms with E-state index in [4.69, 9.17) is 27.9 Å². The van der Waals surface area contributed by atoms with Crippen molar-refractivity contribution >= 4 is 33.9 Å². The molecular formula is C24H27ClN4O. The van der Waals surface area contributed by atoms with Gasteiger partial charge in [0.1, 0.15) is 5.75 Å². The molecule has 0 radical (unpaired) electrons. The summed E-state index contributed by atoms with van der Waals surface area (Å²) in [5.41, 5.74) is 7.30. The molecule has 0 saturated carbocycles. The average molecular weight is 424 g/mol. The van der Waals surface area contributed by atoms with E-state index in [1.54, 1.807) is 7.11 Å². The van der Waals surface area contributed by atoms with Crippen LogP contribution in [0.25, 0.3) is 15.7 Å². The number of rotatable bonds is 5. The second-order valence-corrected chi connectivity index (χ2v) is 8.10. The Balaban J connectivity index is 0.00000272. The number of likely N-dealkylation sites (N-methyl/N-ethyl adjacent to an activating group) is 1. The molecule has 2 heterocycles. The van der Waals surface area contributed by atoms with Gasteiger partial charge in [-0.2, -0.15) is 0 Å². The molecule has 0 bridgehead atoms. The molecule has 156 valence electrons. The van der Waals surface area contributed by atoms with E-state index in [0.29, 0.717) is 23.0 Å². The first-order valence-corrected chi connectivity index (χ1v) is 10.5. The van der Waals surface area contributed by atoms with Crippen molar-refractivity contribution in [2.75, 3.05) is 26.0 Å². The number of aryl methyl sites for hydroxylation is 1. The second-order valence-electron chi connectivity index (χ2n) is 7.69. The highest BCUT2D eigenvalue weighted by atomic mass is 35.5. The Morgan fingerprint density at radius 3 is 2.87 bits per heavy atom. The fourth-order valence-corrected chi connectivity index (χ4v) is 4.36. The number of anilines is 1. The molecule has 1 N–H and O–H groups in total. The minimum absolute atomic E-state index is 0. The smallest absolute Gasteiger partial charge is 0.188 e. The summed E-state index contributed by atoms with van der Waals surface area (Å²) >= 11 is 6.32. The maximum Gasteiger partial charge on any atom is 0.188 e. The molecule has 0 aliphatic carbocycles. The van der Waals surface area contributed by atoms with Gasteiger partial charge in [0.2, 0.25) is 0 Å². The number of hydrogen-bond acceptors (Lipinski definition) is 4. The normalized spacial score (nSPS) is 13.7. The van der Waals surface area contributed by atoms with Gasteiger partial charge in [-0.05, 0) is 42.8 Å². The van der Waals surface area contributed by atoms with Crippen LogP contribution in [0, 0.1) is 6.57 Å². The first kappa shape index (κ1) is 20.5. The molecule has 1 aliphatic rings. The van der Waals surface area contributed by atoms with E-state index in [1.165, 1.54) is 5.56 Å². The SMILES string of the molecule is [2HH].[C-]#[N+]c1cc(CC)c2nc3c(c(NCc4ccc(OC)c(Cl)c4)c2c1)CN(C)CC3. The minimum Gasteiger partial charge on any atom is -0.495 e. The van der Waals surface area contributed by atoms with Crippen LogP contribution in [0.3, 0.4) is 0 Å². The molecule has 5 nitrogen and oxygen atoms in total. The number of hydrogen-bond donors (Lipinski definition) is 1. The lowest BCUT2D eigenvalue weighted by Crippen LogP contribution is -2.28. The summed E-state index contributed by atoms with van der Waals surface area (Å²) in [4.78, 5) is 11.1. The maximum absolute atomic E-state index is 7.53. The highest BCUT2D eigenvalue weighted by molar-refractivity contribution is 6.32. The number of ether oxygens (including phenoxy) is 1. The van der Waals surface area contributed by atoms with Crippen molar-refractivity contribution < 1.29 is 6.16 Å². The van der Waals surface area contributed by atoms with Crippen LogP contribution >= 0.6 is 11.6 Å². The molecule has 1 aromatic heterocycles. The van der Waals surface area contributed by atoms with E-state index in [-0.39, 0.29) is 1.43 Å². The van der Waals surface area contributed by atoms with Crippen LogP contribution in [0.15, 0.2) is 30.3 Å². The summed E-state index contributed by atoms with van der Waals surface area (Å²) < 4.78 is 5.26. The molecule has 0 spiro atoms. The molecule has 30 heavy (non-hydrogen) atoms. The van der Waals surface area contributed by atoms with Crippen molar-refractivity contribution in [3.05, 3.63) is 69.2 Å². The van der Waals surface area contributed by atoms with Crippen molar-refractivity contribution in [3.63, 3.8) is 0 Å². The summed E-state index contributed by atoms with van der Waals surface area (Å²) in [6.45, 7) is 12.1. The van der Waals surface area contributed by atoms with Crippen molar-refractivity contribution in [2.24, 2.45) is 0 Å². The van der Waals surface area contributed by atoms with Gasteiger partial charge in [-0.25, -0.2) is 4.85 Å². The third-order valence-corrected chi connectivity index (χ3v) is 5.99. The fourth-order valence-electron chi connectivity index (χ4n) is 4.08. The lowest BCUT2D eigenvalue weighted by Gasteiger charge is -2.28. The van der Waals surface area contributed by atoms with Crippen molar-refractivity contribution in [3.8, 4) is 5.75 Å². The summed E-state index contributed by atoms with van der Waals surface area (Å²) in [6.07, 6.45) is 1.78. The molecule has 0 fully saturated rings. The number of nitrogens with one attached hydrogen (secondary N) is 1. The lowest BCUT2D eigenvalue weighted by atomic mass is 9.97. The van der Waals surface area contributed by atoms with E-state index >= 15 is 0 Å². The average Bonchev–Trinajstić information content (AvgIpc) is 2.76. The number of fused-ring (bicyclic) bond motifs is 2. The third kappa shape index (κ3) is 3.81. The van der Waals surface area contributed by atoms with Crippen LogP contribution < -0.4 is 10.1 Å². The number of pyridine rings is 1. The van der Waals surface area contributed by atoms with E-state index < -0.39 is 0 Å². The molecule has 6 heteroatoms. The monoisotopic (exact) mass is 423 g/mol. The Kier molecular flexibility index (Phi) is 5.80. The van der Waals surface area contributed by atoms with Gasteiger partial charge >= 0.3 is 0 Å². The Hall–Kier alpha value is -2.81. The number of aromatic nitrogens is 1. The Labute approximate surface area is 183 Å². The molecule has 0 unspecified atom stereocenters. The van der Waals surface area contributed by atoms with Crippen molar-refractivity contribution in [1.82, 2.24) is 9.88 Å². The second kappa shape index (κ2) is 8.51. The number of benzene rings is 2. The van der Waals surface area contributed by atoms with Crippen molar-refractivity contribution in [1.29, 1.82) is 0 Å². The number of halogens is 1. The number of methoxy groups -OCH3 is 1. The van der Waals surface area contributed by atoms with E-state index in [2.05, 4.69) is 29.0 Å². The first-order chi connectivity index (χ1) is 14.5. The van der Waals surface area contributed by atoms with E-state index in [0.717, 1.165) is 59.3 Å².